The fourth-order valence-electron chi connectivity index (χ4n) is 5.91. The standard InChI is InChI=1S/C24H38N2O5/c1-15(23(29)25-14-17-6-5-12-31-17)18-7-10-24(3)11-8-19(16(2)21(24)22(18)28)26-20(27)9-13-30-4/h5-6,12,15-16,18-19,21-22,28H,7-11,13-14H2,1-4H3,(H,25,29)(H,26,27)/t15-,16-,18-,19-,21+,22-,24+/m0/s1. The summed E-state index contributed by atoms with van der Waals surface area (Å²) in [7, 11) is 1.59. The third-order valence-electron chi connectivity index (χ3n) is 7.84. The van der Waals surface area contributed by atoms with Gasteiger partial charge in [-0.3, -0.25) is 9.59 Å². The Morgan fingerprint density at radius 3 is 2.77 bits per heavy atom. The van der Waals surface area contributed by atoms with Crippen LogP contribution in [0.5, 0.6) is 0 Å². The van der Waals surface area contributed by atoms with Gasteiger partial charge in [0.15, 0.2) is 0 Å². The molecule has 1 aromatic rings. The molecule has 2 aliphatic carbocycles. The number of rotatable bonds is 8. The van der Waals surface area contributed by atoms with Crippen LogP contribution in [0.25, 0.3) is 0 Å². The van der Waals surface area contributed by atoms with Crippen LogP contribution in [0.1, 0.15) is 58.6 Å². The number of nitrogens with one attached hydrogen (secondary N) is 2. The van der Waals surface area contributed by atoms with Crippen molar-refractivity contribution in [3.63, 3.8) is 0 Å². The van der Waals surface area contributed by atoms with E-state index in [1.54, 1.807) is 19.4 Å². The van der Waals surface area contributed by atoms with E-state index < -0.39 is 6.10 Å². The summed E-state index contributed by atoms with van der Waals surface area (Å²) in [6.45, 7) is 7.07. The molecule has 2 aliphatic rings. The van der Waals surface area contributed by atoms with Crippen molar-refractivity contribution in [3.05, 3.63) is 24.2 Å². The SMILES string of the molecule is COCCC(=O)N[C@H]1CC[C@@]2(C)CC[C@@H]([C@H](C)C(=O)NCc3ccco3)[C@H](O)[C@H]2[C@H]1C. The predicted molar refractivity (Wildman–Crippen MR) is 117 cm³/mol. The molecule has 3 rings (SSSR count). The number of fused-ring (bicyclic) bond motifs is 1. The lowest BCUT2D eigenvalue weighted by atomic mass is 9.51. The molecule has 2 amide bonds. The fraction of sp³-hybridized carbons (Fsp3) is 0.750. The maximum Gasteiger partial charge on any atom is 0.223 e. The molecule has 31 heavy (non-hydrogen) atoms. The Labute approximate surface area is 185 Å². The van der Waals surface area contributed by atoms with Crippen molar-refractivity contribution in [2.45, 2.75) is 71.6 Å². The summed E-state index contributed by atoms with van der Waals surface area (Å²) >= 11 is 0. The summed E-state index contributed by atoms with van der Waals surface area (Å²) in [5.74, 6) is 0.449. The van der Waals surface area contributed by atoms with Crippen LogP contribution >= 0.6 is 0 Å². The molecular formula is C24H38N2O5. The van der Waals surface area contributed by atoms with Crippen LogP contribution in [0.15, 0.2) is 22.8 Å². The maximum atomic E-state index is 12.8. The molecule has 2 saturated carbocycles. The van der Waals surface area contributed by atoms with E-state index in [-0.39, 0.29) is 46.9 Å². The average Bonchev–Trinajstić information content (AvgIpc) is 3.26. The van der Waals surface area contributed by atoms with E-state index >= 15 is 0 Å². The van der Waals surface area contributed by atoms with E-state index in [2.05, 4.69) is 24.5 Å². The number of carbonyl (C=O) groups is 2. The molecule has 0 aliphatic heterocycles. The van der Waals surface area contributed by atoms with Gasteiger partial charge in [-0.1, -0.05) is 20.8 Å². The van der Waals surface area contributed by atoms with Crippen molar-refractivity contribution in [3.8, 4) is 0 Å². The van der Waals surface area contributed by atoms with Crippen molar-refractivity contribution < 1.29 is 23.8 Å². The van der Waals surface area contributed by atoms with Crippen molar-refractivity contribution in [2.24, 2.45) is 29.1 Å². The Balaban J connectivity index is 1.64. The molecule has 2 fully saturated rings. The largest absolute Gasteiger partial charge is 0.467 e. The van der Waals surface area contributed by atoms with E-state index in [1.165, 1.54) is 0 Å². The van der Waals surface area contributed by atoms with Crippen LogP contribution in [0.3, 0.4) is 0 Å². The van der Waals surface area contributed by atoms with Crippen LogP contribution in [0.4, 0.5) is 0 Å². The van der Waals surface area contributed by atoms with Gasteiger partial charge in [-0.05, 0) is 61.0 Å². The lowest BCUT2D eigenvalue weighted by Crippen LogP contribution is -2.58. The Kier molecular flexibility index (Phi) is 7.81. The number of aliphatic hydroxyl groups is 1. The zero-order valence-corrected chi connectivity index (χ0v) is 19.2. The number of hydrogen-bond acceptors (Lipinski definition) is 5. The lowest BCUT2D eigenvalue weighted by Gasteiger charge is -2.56. The second-order valence-corrected chi connectivity index (χ2v) is 9.77. The minimum atomic E-state index is -0.572. The lowest BCUT2D eigenvalue weighted by molar-refractivity contribution is -0.144. The predicted octanol–water partition coefficient (Wildman–Crippen LogP) is 2.88. The fourth-order valence-corrected chi connectivity index (χ4v) is 5.91. The number of hydrogen-bond donors (Lipinski definition) is 3. The molecule has 7 atom stereocenters. The summed E-state index contributed by atoms with van der Waals surface area (Å²) in [6, 6.07) is 3.67. The Bertz CT molecular complexity index is 736. The van der Waals surface area contributed by atoms with Gasteiger partial charge in [-0.2, -0.15) is 0 Å². The van der Waals surface area contributed by atoms with E-state index in [1.807, 2.05) is 13.0 Å². The summed E-state index contributed by atoms with van der Waals surface area (Å²) in [6.07, 6.45) is 5.08. The summed E-state index contributed by atoms with van der Waals surface area (Å²) < 4.78 is 10.3. The molecule has 3 N–H and O–H groups in total. The highest BCUT2D eigenvalue weighted by Crippen LogP contribution is 2.55. The summed E-state index contributed by atoms with van der Waals surface area (Å²) in [5, 5.41) is 17.5. The van der Waals surface area contributed by atoms with Gasteiger partial charge >= 0.3 is 0 Å². The van der Waals surface area contributed by atoms with E-state index in [0.717, 1.165) is 25.7 Å². The normalized spacial score (nSPS) is 33.9. The van der Waals surface area contributed by atoms with Gasteiger partial charge in [0.1, 0.15) is 5.76 Å². The highest BCUT2D eigenvalue weighted by molar-refractivity contribution is 5.78. The highest BCUT2D eigenvalue weighted by Gasteiger charge is 2.53. The van der Waals surface area contributed by atoms with Gasteiger partial charge in [0.2, 0.25) is 11.8 Å². The van der Waals surface area contributed by atoms with Crippen molar-refractivity contribution >= 4 is 11.8 Å². The average molecular weight is 435 g/mol. The third kappa shape index (κ3) is 5.32. The molecule has 0 aromatic carbocycles. The number of ether oxygens (including phenoxy) is 1. The zero-order valence-electron chi connectivity index (χ0n) is 19.2. The van der Waals surface area contributed by atoms with Crippen LogP contribution < -0.4 is 10.6 Å². The van der Waals surface area contributed by atoms with Crippen LogP contribution in [-0.4, -0.2) is 42.8 Å². The molecule has 0 saturated heterocycles. The molecule has 1 aromatic heterocycles. The van der Waals surface area contributed by atoms with Gasteiger partial charge in [-0.25, -0.2) is 0 Å². The summed E-state index contributed by atoms with van der Waals surface area (Å²) in [4.78, 5) is 25.0. The first-order chi connectivity index (χ1) is 14.8. The minimum Gasteiger partial charge on any atom is -0.467 e. The number of carbonyl (C=O) groups excluding carboxylic acids is 2. The molecule has 0 radical (unpaired) electrons. The highest BCUT2D eigenvalue weighted by atomic mass is 16.5. The second-order valence-electron chi connectivity index (χ2n) is 9.77. The van der Waals surface area contributed by atoms with E-state index in [9.17, 15) is 14.7 Å². The Hall–Kier alpha value is -1.86. The van der Waals surface area contributed by atoms with Crippen LogP contribution in [0.2, 0.25) is 0 Å². The second kappa shape index (κ2) is 10.2. The number of amides is 2. The Morgan fingerprint density at radius 2 is 2.10 bits per heavy atom. The topological polar surface area (TPSA) is 101 Å². The molecule has 174 valence electrons. The van der Waals surface area contributed by atoms with Gasteiger partial charge in [-0.15, -0.1) is 0 Å². The van der Waals surface area contributed by atoms with Crippen LogP contribution in [-0.2, 0) is 20.9 Å². The van der Waals surface area contributed by atoms with Crippen molar-refractivity contribution in [1.82, 2.24) is 10.6 Å². The van der Waals surface area contributed by atoms with Crippen molar-refractivity contribution in [2.75, 3.05) is 13.7 Å². The molecule has 0 spiro atoms. The van der Waals surface area contributed by atoms with Gasteiger partial charge in [0.05, 0.1) is 25.5 Å². The number of methoxy groups -OCH3 is 1. The molecule has 7 heteroatoms. The first kappa shape index (κ1) is 23.8. The van der Waals surface area contributed by atoms with Gasteiger partial charge in [0.25, 0.3) is 0 Å². The summed E-state index contributed by atoms with van der Waals surface area (Å²) in [5.41, 5.74) is 0.0352. The minimum absolute atomic E-state index is 0.00479. The van der Waals surface area contributed by atoms with E-state index in [4.69, 9.17) is 9.15 Å². The first-order valence-electron chi connectivity index (χ1n) is 11.5. The zero-order chi connectivity index (χ0) is 22.6. The van der Waals surface area contributed by atoms with E-state index in [0.29, 0.717) is 25.3 Å². The molecule has 0 bridgehead atoms. The smallest absolute Gasteiger partial charge is 0.223 e. The number of aliphatic hydroxyl groups excluding tert-OH is 1. The first-order valence-corrected chi connectivity index (χ1v) is 11.5. The molecule has 1 heterocycles. The Morgan fingerprint density at radius 1 is 1.35 bits per heavy atom. The quantitative estimate of drug-likeness (QED) is 0.584. The van der Waals surface area contributed by atoms with Crippen LogP contribution in [0, 0.1) is 29.1 Å². The van der Waals surface area contributed by atoms with Gasteiger partial charge in [0, 0.05) is 25.5 Å². The molecular weight excluding hydrogens is 396 g/mol. The monoisotopic (exact) mass is 434 g/mol. The molecule has 7 nitrogen and oxygen atoms in total. The number of furan rings is 1. The third-order valence-corrected chi connectivity index (χ3v) is 7.84. The van der Waals surface area contributed by atoms with Gasteiger partial charge < -0.3 is 24.9 Å². The maximum absolute atomic E-state index is 12.8. The molecule has 0 unspecified atom stereocenters. The van der Waals surface area contributed by atoms with Crippen molar-refractivity contribution in [1.29, 1.82) is 0 Å².